The molecule has 0 saturated carbocycles. The van der Waals surface area contributed by atoms with Gasteiger partial charge < -0.3 is 0 Å². The zero-order valence-corrected chi connectivity index (χ0v) is 11.7. The maximum atomic E-state index is 3.36. The number of rotatable bonds is 7. The zero-order valence-electron chi connectivity index (χ0n) is 11.7. The van der Waals surface area contributed by atoms with Gasteiger partial charge in [-0.1, -0.05) is 0 Å². The van der Waals surface area contributed by atoms with Crippen LogP contribution in [0.4, 0.5) is 0 Å². The van der Waals surface area contributed by atoms with Crippen molar-refractivity contribution in [1.82, 2.24) is 16.0 Å². The second kappa shape index (κ2) is 11.2. The van der Waals surface area contributed by atoms with E-state index in [1.54, 1.807) is 0 Å². The van der Waals surface area contributed by atoms with E-state index in [4.69, 9.17) is 0 Å². The second-order valence-electron chi connectivity index (χ2n) is 3.65. The number of nitrogens with one attached hydrogen (secondary N) is 5. The molecule has 0 fully saturated rings. The highest BCUT2D eigenvalue weighted by Crippen LogP contribution is 1.68. The van der Waals surface area contributed by atoms with Crippen molar-refractivity contribution in [1.29, 1.82) is 0 Å². The van der Waals surface area contributed by atoms with Crippen molar-refractivity contribution in [2.45, 2.75) is 34.1 Å². The molecule has 0 aliphatic heterocycles. The Morgan fingerprint density at radius 1 is 0.824 bits per heavy atom. The predicted molar refractivity (Wildman–Crippen MR) is 73.0 cm³/mol. The fourth-order valence-electron chi connectivity index (χ4n) is 1.52. The van der Waals surface area contributed by atoms with Crippen molar-refractivity contribution >= 4 is 11.8 Å². The van der Waals surface area contributed by atoms with Crippen molar-refractivity contribution in [3.8, 4) is 0 Å². The molecule has 0 unspecified atom stereocenters. The minimum atomic E-state index is 0.907. The van der Waals surface area contributed by atoms with E-state index in [1.165, 1.54) is 5.84 Å². The Hall–Kier alpha value is -1.26. The summed E-state index contributed by atoms with van der Waals surface area (Å²) >= 11 is 0. The van der Waals surface area contributed by atoms with E-state index in [0.717, 1.165) is 45.1 Å². The lowest BCUT2D eigenvalue weighted by atomic mass is 10.4. The highest BCUT2D eigenvalue weighted by atomic mass is 15.2. The molecular formula is C12H29N5+2. The van der Waals surface area contributed by atoms with Crippen LogP contribution in [-0.2, 0) is 0 Å². The molecule has 0 aliphatic rings. The lowest BCUT2D eigenvalue weighted by molar-refractivity contribution is -0.472. The Labute approximate surface area is 105 Å². The molecule has 0 saturated heterocycles. The van der Waals surface area contributed by atoms with Gasteiger partial charge >= 0.3 is 5.96 Å². The van der Waals surface area contributed by atoms with Gasteiger partial charge in [0.05, 0.1) is 39.1 Å². The summed E-state index contributed by atoms with van der Waals surface area (Å²) in [5, 5.41) is 9.87. The highest BCUT2D eigenvalue weighted by Gasteiger charge is 2.05. The van der Waals surface area contributed by atoms with Crippen LogP contribution in [0.1, 0.15) is 34.1 Å². The molecule has 0 amide bonds. The Kier molecular flexibility index (Phi) is 10.4. The summed E-state index contributed by atoms with van der Waals surface area (Å²) in [4.78, 5) is 6.70. The molecule has 0 radical (unpaired) electrons. The molecule has 0 atom stereocenters. The van der Waals surface area contributed by atoms with Crippen molar-refractivity contribution in [2.75, 3.05) is 32.7 Å². The van der Waals surface area contributed by atoms with Gasteiger partial charge in [0.25, 0.3) is 0 Å². The number of hydrogen-bond acceptors (Lipinski definition) is 0. The van der Waals surface area contributed by atoms with E-state index in [-0.39, 0.29) is 0 Å². The number of amidine groups is 1. The highest BCUT2D eigenvalue weighted by molar-refractivity contribution is 5.76. The van der Waals surface area contributed by atoms with Crippen LogP contribution in [0.25, 0.3) is 0 Å². The van der Waals surface area contributed by atoms with Gasteiger partial charge in [0.1, 0.15) is 0 Å². The third-order valence-corrected chi connectivity index (χ3v) is 2.16. The summed E-state index contributed by atoms with van der Waals surface area (Å²) in [6.07, 6.45) is 0.974. The van der Waals surface area contributed by atoms with E-state index in [1.807, 2.05) is 0 Å². The third kappa shape index (κ3) is 8.54. The molecule has 0 aromatic carbocycles. The summed E-state index contributed by atoms with van der Waals surface area (Å²) in [6, 6.07) is 0. The standard InChI is InChI=1S/C12H27N5/c1-5-13-11(14-6-2)9-10-17-12(15-7-3)16-8-4/h5-10H2,1-4H3,(H,13,14)(H2,15,16,17)/p+2. The van der Waals surface area contributed by atoms with Gasteiger partial charge in [0.2, 0.25) is 5.84 Å². The van der Waals surface area contributed by atoms with E-state index < -0.39 is 0 Å². The molecular weight excluding hydrogens is 214 g/mol. The van der Waals surface area contributed by atoms with E-state index in [0.29, 0.717) is 0 Å². The fraction of sp³-hybridized carbons (Fsp3) is 0.833. The maximum Gasteiger partial charge on any atom is 0.343 e. The first-order valence-corrected chi connectivity index (χ1v) is 6.70. The first kappa shape index (κ1) is 15.7. The average molecular weight is 243 g/mol. The quantitative estimate of drug-likeness (QED) is 0.247. The lowest BCUT2D eigenvalue weighted by Gasteiger charge is -2.02. The summed E-state index contributed by atoms with van der Waals surface area (Å²) in [6.45, 7) is 13.1. The predicted octanol–water partition coefficient (Wildman–Crippen LogP) is -2.86. The molecule has 0 rings (SSSR count). The van der Waals surface area contributed by atoms with Crippen LogP contribution in [0.15, 0.2) is 0 Å². The molecule has 17 heavy (non-hydrogen) atoms. The first-order chi connectivity index (χ1) is 8.28. The van der Waals surface area contributed by atoms with Crippen LogP contribution >= 0.6 is 0 Å². The molecule has 0 aliphatic carbocycles. The van der Waals surface area contributed by atoms with Crippen LogP contribution in [0.2, 0.25) is 0 Å². The van der Waals surface area contributed by atoms with E-state index in [9.17, 15) is 0 Å². The topological polar surface area (TPSA) is 64.0 Å². The van der Waals surface area contributed by atoms with E-state index in [2.05, 4.69) is 53.6 Å². The summed E-state index contributed by atoms with van der Waals surface area (Å²) in [7, 11) is 0. The molecule has 5 N–H and O–H groups in total. The molecule has 0 heterocycles. The van der Waals surface area contributed by atoms with Gasteiger partial charge in [0, 0.05) is 0 Å². The minimum absolute atomic E-state index is 0.907. The van der Waals surface area contributed by atoms with Crippen molar-refractivity contribution in [3.05, 3.63) is 0 Å². The van der Waals surface area contributed by atoms with Crippen molar-refractivity contribution in [3.63, 3.8) is 0 Å². The fourth-order valence-corrected chi connectivity index (χ4v) is 1.52. The van der Waals surface area contributed by atoms with Gasteiger partial charge in [-0.3, -0.25) is 25.9 Å². The Balaban J connectivity index is 4.12. The van der Waals surface area contributed by atoms with Gasteiger partial charge in [-0.2, -0.15) is 0 Å². The first-order valence-electron chi connectivity index (χ1n) is 6.70. The van der Waals surface area contributed by atoms with Gasteiger partial charge in [-0.25, -0.2) is 0 Å². The van der Waals surface area contributed by atoms with Crippen LogP contribution in [0.5, 0.6) is 0 Å². The molecule has 0 aromatic rings. The number of hydrogen-bond donors (Lipinski definition) is 5. The largest absolute Gasteiger partial charge is 0.343 e. The zero-order chi connectivity index (χ0) is 12.9. The molecule has 0 aromatic heterocycles. The van der Waals surface area contributed by atoms with Crippen LogP contribution in [0.3, 0.4) is 0 Å². The average Bonchev–Trinajstić information content (AvgIpc) is 2.30. The molecule has 0 bridgehead atoms. The van der Waals surface area contributed by atoms with Crippen LogP contribution in [-0.4, -0.2) is 44.5 Å². The minimum Gasteiger partial charge on any atom is -0.279 e. The normalized spacial score (nSPS) is 10.9. The lowest BCUT2D eigenvalue weighted by Crippen LogP contribution is -2.82. The van der Waals surface area contributed by atoms with Gasteiger partial charge in [-0.15, -0.1) is 0 Å². The second-order valence-corrected chi connectivity index (χ2v) is 3.65. The van der Waals surface area contributed by atoms with Crippen LogP contribution < -0.4 is 25.9 Å². The summed E-state index contributed by atoms with van der Waals surface area (Å²) in [5.41, 5.74) is 0. The summed E-state index contributed by atoms with van der Waals surface area (Å²) in [5.74, 6) is 2.22. The van der Waals surface area contributed by atoms with Crippen LogP contribution in [0, 0.1) is 0 Å². The van der Waals surface area contributed by atoms with Gasteiger partial charge in [0.15, 0.2) is 0 Å². The molecule has 5 heteroatoms. The van der Waals surface area contributed by atoms with Gasteiger partial charge in [-0.05, 0) is 27.7 Å². The molecule has 5 nitrogen and oxygen atoms in total. The van der Waals surface area contributed by atoms with E-state index >= 15 is 0 Å². The molecule has 100 valence electrons. The SMILES string of the molecule is CCNC(CC[NH+]=C(NCC)NCC)=[NH+]CC. The Bertz CT molecular complexity index is 227. The number of guanidine groups is 1. The maximum absolute atomic E-state index is 3.36. The molecule has 0 spiro atoms. The Morgan fingerprint density at radius 2 is 1.41 bits per heavy atom. The monoisotopic (exact) mass is 243 g/mol. The van der Waals surface area contributed by atoms with Crippen molar-refractivity contribution < 1.29 is 9.98 Å². The summed E-state index contributed by atoms with van der Waals surface area (Å²) < 4.78 is 0. The third-order valence-electron chi connectivity index (χ3n) is 2.16. The van der Waals surface area contributed by atoms with Crippen molar-refractivity contribution in [2.24, 2.45) is 0 Å². The smallest absolute Gasteiger partial charge is 0.279 e. The Morgan fingerprint density at radius 3 is 1.88 bits per heavy atom.